The second-order valence-corrected chi connectivity index (χ2v) is 8.09. The predicted octanol–water partition coefficient (Wildman–Crippen LogP) is 8.23. The average Bonchev–Trinajstić information content (AvgIpc) is 2.92. The van der Waals surface area contributed by atoms with E-state index in [1.807, 2.05) is 6.08 Å². The molecule has 0 aromatic rings. The Morgan fingerprint density at radius 3 is 2.52 bits per heavy atom. The summed E-state index contributed by atoms with van der Waals surface area (Å²) in [5.74, 6) is 0.240. The van der Waals surface area contributed by atoms with Crippen LogP contribution in [-0.2, 0) is 0 Å². The Morgan fingerprint density at radius 1 is 1.00 bits per heavy atom. The lowest BCUT2D eigenvalue weighted by Gasteiger charge is -2.22. The molecular weight excluding hydrogens is 364 g/mol. The number of halogens is 2. The van der Waals surface area contributed by atoms with Gasteiger partial charge in [0.25, 0.3) is 0 Å². The van der Waals surface area contributed by atoms with E-state index < -0.39 is 0 Å². The van der Waals surface area contributed by atoms with E-state index in [1.165, 1.54) is 37.5 Å². The van der Waals surface area contributed by atoms with Crippen LogP contribution in [0.4, 0.5) is 8.78 Å². The molecule has 1 saturated heterocycles. The van der Waals surface area contributed by atoms with Crippen LogP contribution in [0, 0.1) is 5.92 Å². The fourth-order valence-electron chi connectivity index (χ4n) is 3.95. The summed E-state index contributed by atoms with van der Waals surface area (Å²) in [4.78, 5) is 2.58. The number of likely N-dealkylation sites (tertiary alicyclic amines) is 1. The minimum absolute atomic E-state index is 0.107. The molecule has 0 aliphatic carbocycles. The van der Waals surface area contributed by atoms with E-state index in [0.717, 1.165) is 51.7 Å². The summed E-state index contributed by atoms with van der Waals surface area (Å²) < 4.78 is 27.3. The fraction of sp³-hybridized carbons (Fsp3) is 0.615. The van der Waals surface area contributed by atoms with E-state index in [1.54, 1.807) is 5.57 Å². The minimum Gasteiger partial charge on any atom is -0.299 e. The van der Waals surface area contributed by atoms with E-state index in [9.17, 15) is 8.78 Å². The van der Waals surface area contributed by atoms with Crippen LogP contribution in [-0.4, -0.2) is 24.5 Å². The van der Waals surface area contributed by atoms with Gasteiger partial charge in [-0.05, 0) is 95.4 Å². The summed E-state index contributed by atoms with van der Waals surface area (Å²) in [5.41, 5.74) is 1.55. The molecule has 1 aliphatic heterocycles. The maximum atomic E-state index is 14.0. The largest absolute Gasteiger partial charge is 0.299 e. The predicted molar refractivity (Wildman–Crippen MR) is 123 cm³/mol. The van der Waals surface area contributed by atoms with Crippen LogP contribution < -0.4 is 0 Å². The van der Waals surface area contributed by atoms with Gasteiger partial charge >= 0.3 is 0 Å². The van der Waals surface area contributed by atoms with Crippen LogP contribution in [0.5, 0.6) is 0 Å². The first-order valence-electron chi connectivity index (χ1n) is 11.4. The third-order valence-corrected chi connectivity index (χ3v) is 5.58. The lowest BCUT2D eigenvalue weighted by molar-refractivity contribution is 0.298. The summed E-state index contributed by atoms with van der Waals surface area (Å²) in [6, 6.07) is 0. The molecule has 1 fully saturated rings. The second-order valence-electron chi connectivity index (χ2n) is 8.09. The molecule has 0 N–H and O–H groups in total. The van der Waals surface area contributed by atoms with Gasteiger partial charge < -0.3 is 0 Å². The Bertz CT molecular complexity index is 559. The van der Waals surface area contributed by atoms with Crippen molar-refractivity contribution in [3.63, 3.8) is 0 Å². The molecule has 0 bridgehead atoms. The monoisotopic (exact) mass is 405 g/mol. The molecule has 1 atom stereocenters. The molecule has 1 aliphatic rings. The molecule has 0 amide bonds. The highest BCUT2D eigenvalue weighted by atomic mass is 19.1. The Kier molecular flexibility index (Phi) is 14.4. The first kappa shape index (κ1) is 25.6. The van der Waals surface area contributed by atoms with Crippen molar-refractivity contribution in [2.75, 3.05) is 19.6 Å². The van der Waals surface area contributed by atoms with E-state index in [4.69, 9.17) is 0 Å². The molecule has 1 heterocycles. The zero-order chi connectivity index (χ0) is 21.3. The fourth-order valence-corrected chi connectivity index (χ4v) is 3.95. The molecule has 29 heavy (non-hydrogen) atoms. The number of rotatable bonds is 14. The van der Waals surface area contributed by atoms with Crippen molar-refractivity contribution in [2.45, 2.75) is 77.6 Å². The summed E-state index contributed by atoms with van der Waals surface area (Å²) in [6.45, 7) is 12.8. The molecule has 0 saturated carbocycles. The van der Waals surface area contributed by atoms with Crippen molar-refractivity contribution >= 4 is 0 Å². The molecule has 0 radical (unpaired) electrons. The Labute approximate surface area is 177 Å². The maximum absolute atomic E-state index is 14.0. The molecule has 0 unspecified atom stereocenters. The summed E-state index contributed by atoms with van der Waals surface area (Å²) in [6.07, 6.45) is 18.8. The van der Waals surface area contributed by atoms with Crippen LogP contribution in [0.1, 0.15) is 77.6 Å². The lowest BCUT2D eigenvalue weighted by atomic mass is 9.95. The van der Waals surface area contributed by atoms with E-state index in [2.05, 4.69) is 31.1 Å². The van der Waals surface area contributed by atoms with Gasteiger partial charge in [-0.2, -0.15) is 0 Å². The van der Waals surface area contributed by atoms with Gasteiger partial charge in [0.05, 0.1) is 11.7 Å². The van der Waals surface area contributed by atoms with Crippen LogP contribution in [0.15, 0.2) is 60.8 Å². The highest BCUT2D eigenvalue weighted by molar-refractivity contribution is 5.05. The molecule has 1 nitrogen and oxygen atoms in total. The highest BCUT2D eigenvalue weighted by Gasteiger charge is 2.18. The summed E-state index contributed by atoms with van der Waals surface area (Å²) in [7, 11) is 0. The van der Waals surface area contributed by atoms with E-state index in [0.29, 0.717) is 18.8 Å². The van der Waals surface area contributed by atoms with Gasteiger partial charge in [-0.3, -0.25) is 4.90 Å². The Morgan fingerprint density at radius 2 is 1.79 bits per heavy atom. The Hall–Kier alpha value is -1.48. The summed E-state index contributed by atoms with van der Waals surface area (Å²) in [5, 5.41) is 0. The zero-order valence-electron chi connectivity index (χ0n) is 18.5. The van der Waals surface area contributed by atoms with Gasteiger partial charge in [-0.1, -0.05) is 30.7 Å². The van der Waals surface area contributed by atoms with Crippen LogP contribution in [0.25, 0.3) is 0 Å². The molecule has 3 heteroatoms. The van der Waals surface area contributed by atoms with Gasteiger partial charge in [-0.25, -0.2) is 8.78 Å². The van der Waals surface area contributed by atoms with Gasteiger partial charge in [-0.15, -0.1) is 13.2 Å². The smallest absolute Gasteiger partial charge is 0.1000 e. The molecular formula is C26H41F2N. The second kappa shape index (κ2) is 16.3. The van der Waals surface area contributed by atoms with Crippen LogP contribution >= 0.6 is 0 Å². The Balaban J connectivity index is 2.38. The number of allylic oxidation sites excluding steroid dienone is 7. The zero-order valence-corrected chi connectivity index (χ0v) is 18.5. The molecule has 1 rings (SSSR count). The first-order chi connectivity index (χ1) is 14.1. The first-order valence-corrected chi connectivity index (χ1v) is 11.4. The molecule has 0 aromatic carbocycles. The van der Waals surface area contributed by atoms with Crippen molar-refractivity contribution in [1.29, 1.82) is 0 Å². The molecule has 0 spiro atoms. The quantitative estimate of drug-likeness (QED) is 0.208. The number of nitrogens with zero attached hydrogens (tertiary/aromatic N) is 1. The van der Waals surface area contributed by atoms with Crippen LogP contribution in [0.3, 0.4) is 0 Å². The van der Waals surface area contributed by atoms with Crippen molar-refractivity contribution in [3.05, 3.63) is 60.8 Å². The maximum Gasteiger partial charge on any atom is 0.1000 e. The number of unbranched alkanes of at least 4 members (excludes halogenated alkanes) is 1. The van der Waals surface area contributed by atoms with Crippen molar-refractivity contribution in [1.82, 2.24) is 4.90 Å². The number of hydrogen-bond acceptors (Lipinski definition) is 1. The SMILES string of the molecule is C=CCCC/C(=C\CC)CN1CCC[C@@H](CC/C(F)=C\C/C=C(/F)CC=C)CC1. The van der Waals surface area contributed by atoms with Crippen molar-refractivity contribution < 1.29 is 8.78 Å². The topological polar surface area (TPSA) is 3.24 Å². The minimum atomic E-state index is -0.242. The molecule has 0 aromatic heterocycles. The summed E-state index contributed by atoms with van der Waals surface area (Å²) >= 11 is 0. The standard InChI is InChI=1S/C26H41F2N/c1-4-7-8-13-24(11-5-2)22-29-20-10-14-23(19-21-29)17-18-26(28)16-9-15-25(27)12-6-3/h4,6,11,15-16,23H,1,3,5,7-10,12-14,17-22H2,2H3/b24-11+,25-15+,26-16+/t23-/m0/s1. The van der Waals surface area contributed by atoms with Crippen LogP contribution in [0.2, 0.25) is 0 Å². The lowest BCUT2D eigenvalue weighted by Crippen LogP contribution is -2.27. The third kappa shape index (κ3) is 12.6. The van der Waals surface area contributed by atoms with E-state index >= 15 is 0 Å². The van der Waals surface area contributed by atoms with Crippen molar-refractivity contribution in [3.8, 4) is 0 Å². The van der Waals surface area contributed by atoms with Gasteiger partial charge in [0.1, 0.15) is 0 Å². The van der Waals surface area contributed by atoms with Gasteiger partial charge in [0.2, 0.25) is 0 Å². The third-order valence-electron chi connectivity index (χ3n) is 5.58. The normalized spacial score (nSPS) is 19.8. The number of hydrogen-bond donors (Lipinski definition) is 0. The van der Waals surface area contributed by atoms with Gasteiger partial charge in [0, 0.05) is 13.0 Å². The van der Waals surface area contributed by atoms with E-state index in [-0.39, 0.29) is 18.1 Å². The van der Waals surface area contributed by atoms with Gasteiger partial charge in [0.15, 0.2) is 0 Å². The molecule has 164 valence electrons. The van der Waals surface area contributed by atoms with Crippen molar-refractivity contribution in [2.24, 2.45) is 5.92 Å². The average molecular weight is 406 g/mol. The highest BCUT2D eigenvalue weighted by Crippen LogP contribution is 2.25.